The first-order valence-corrected chi connectivity index (χ1v) is 3.72. The molecule has 1 atom stereocenters. The van der Waals surface area contributed by atoms with E-state index in [0.717, 1.165) is 5.56 Å². The first-order chi connectivity index (χ1) is 5.70. The monoisotopic (exact) mass is 279 g/mol. The summed E-state index contributed by atoms with van der Waals surface area (Å²) in [6, 6.07) is 8.54. The van der Waals surface area contributed by atoms with Crippen molar-refractivity contribution in [2.24, 2.45) is 5.73 Å². The third-order valence-corrected chi connectivity index (χ3v) is 1.62. The fourth-order valence-corrected chi connectivity index (χ4v) is 0.955. The summed E-state index contributed by atoms with van der Waals surface area (Å²) in [5.41, 5.74) is 6.30. The van der Waals surface area contributed by atoms with Gasteiger partial charge in [0.2, 0.25) is 0 Å². The van der Waals surface area contributed by atoms with Gasteiger partial charge in [0.25, 0.3) is 0 Å². The van der Waals surface area contributed by atoms with E-state index in [0.29, 0.717) is 6.42 Å². The molecule has 1 aromatic rings. The van der Waals surface area contributed by atoms with E-state index in [2.05, 4.69) is 0 Å². The molecule has 0 saturated carbocycles. The Morgan fingerprint density at radius 2 is 1.50 bits per heavy atom. The number of carbonyl (C=O) groups is 1. The maximum atomic E-state index is 10.4. The Bertz CT molecular complexity index is 279. The average molecular weight is 279 g/mol. The minimum Gasteiger partial charge on any atom is -1.00 e. The van der Waals surface area contributed by atoms with Crippen LogP contribution in [0.4, 0.5) is 0 Å². The van der Waals surface area contributed by atoms with E-state index >= 15 is 0 Å². The van der Waals surface area contributed by atoms with E-state index in [-0.39, 0.29) is 58.4 Å². The normalized spacial score (nSPS) is 8.28. The van der Waals surface area contributed by atoms with Crippen LogP contribution < -0.4 is 35.3 Å². The van der Waals surface area contributed by atoms with Crippen molar-refractivity contribution in [3.8, 4) is 0 Å². The van der Waals surface area contributed by atoms with Gasteiger partial charge in [0.05, 0.1) is 0 Å². The van der Waals surface area contributed by atoms with Gasteiger partial charge in [-0.1, -0.05) is 30.3 Å². The zero-order valence-corrected chi connectivity index (χ0v) is 12.1. The van der Waals surface area contributed by atoms with Crippen LogP contribution in [0.15, 0.2) is 30.3 Å². The van der Waals surface area contributed by atoms with E-state index in [1.54, 1.807) is 0 Å². The molecule has 0 aliphatic rings. The molecule has 1 rings (SSSR count). The molecule has 9 heteroatoms. The van der Waals surface area contributed by atoms with Crippen molar-refractivity contribution in [3.63, 3.8) is 0 Å². The summed E-state index contributed by atoms with van der Waals surface area (Å²) < 4.78 is 0. The largest absolute Gasteiger partial charge is 1.00 e. The van der Waals surface area contributed by atoms with Crippen molar-refractivity contribution in [1.29, 1.82) is 0 Å². The van der Waals surface area contributed by atoms with Crippen LogP contribution in [0.2, 0.25) is 0 Å². The number of aliphatic carboxylic acids is 1. The SMILES string of the molecule is NC(Cc1ccccc1)C(=O)O.O.O.O.O.O.[H-].[Na+]. The fourth-order valence-electron chi connectivity index (χ4n) is 0.955. The summed E-state index contributed by atoms with van der Waals surface area (Å²) in [6.45, 7) is 0. The van der Waals surface area contributed by atoms with Crippen LogP contribution in [0, 0.1) is 0 Å². The van der Waals surface area contributed by atoms with Crippen molar-refractivity contribution in [2.45, 2.75) is 12.5 Å². The number of carboxylic acid groups (broad SMARTS) is 1. The van der Waals surface area contributed by atoms with Gasteiger partial charge in [-0.2, -0.15) is 0 Å². The molecule has 13 N–H and O–H groups in total. The Labute approximate surface area is 128 Å². The number of rotatable bonds is 3. The predicted molar refractivity (Wildman–Crippen MR) is 64.9 cm³/mol. The molecule has 0 aliphatic carbocycles. The minimum atomic E-state index is -0.959. The molecule has 18 heavy (non-hydrogen) atoms. The van der Waals surface area contributed by atoms with Crippen LogP contribution in [-0.2, 0) is 11.2 Å². The van der Waals surface area contributed by atoms with E-state index in [1.165, 1.54) is 0 Å². The van der Waals surface area contributed by atoms with Gasteiger partial charge in [-0.15, -0.1) is 0 Å². The molecule has 0 spiro atoms. The fraction of sp³-hybridized carbons (Fsp3) is 0.222. The van der Waals surface area contributed by atoms with Crippen LogP contribution in [-0.4, -0.2) is 44.5 Å². The molecule has 1 unspecified atom stereocenters. The molecular formula is C9H22NNaO7. The van der Waals surface area contributed by atoms with Gasteiger partial charge in [0.15, 0.2) is 0 Å². The number of hydrogen-bond acceptors (Lipinski definition) is 2. The third-order valence-electron chi connectivity index (χ3n) is 1.62. The zero-order valence-electron chi connectivity index (χ0n) is 11.1. The molecule has 1 aromatic carbocycles. The Balaban J connectivity index is -0.0000000411. The van der Waals surface area contributed by atoms with Gasteiger partial charge in [0.1, 0.15) is 6.04 Å². The average Bonchev–Trinajstić information content (AvgIpc) is 2.06. The Kier molecular flexibility index (Phi) is 37.6. The van der Waals surface area contributed by atoms with E-state index in [4.69, 9.17) is 10.8 Å². The molecule has 0 amide bonds. The van der Waals surface area contributed by atoms with E-state index in [9.17, 15) is 4.79 Å². The molecule has 0 saturated heterocycles. The third kappa shape index (κ3) is 13.5. The Morgan fingerprint density at radius 3 is 1.83 bits per heavy atom. The Hall–Kier alpha value is -0.550. The summed E-state index contributed by atoms with van der Waals surface area (Å²) in [6.07, 6.45) is 0.385. The van der Waals surface area contributed by atoms with Gasteiger partial charge in [-0.05, 0) is 12.0 Å². The second-order valence-electron chi connectivity index (χ2n) is 2.63. The summed E-state index contributed by atoms with van der Waals surface area (Å²) in [4.78, 5) is 10.4. The number of carboxylic acids is 1. The molecule has 0 heterocycles. The quantitative estimate of drug-likeness (QED) is 0.515. The summed E-state index contributed by atoms with van der Waals surface area (Å²) in [5.74, 6) is -0.959. The topological polar surface area (TPSA) is 221 Å². The van der Waals surface area contributed by atoms with Gasteiger partial charge in [-0.3, -0.25) is 4.79 Å². The molecule has 106 valence electrons. The number of nitrogens with two attached hydrogens (primary N) is 1. The molecule has 0 aliphatic heterocycles. The number of hydrogen-bond donors (Lipinski definition) is 2. The first-order valence-electron chi connectivity index (χ1n) is 3.72. The minimum absolute atomic E-state index is 0. The molecule has 8 nitrogen and oxygen atoms in total. The maximum absolute atomic E-state index is 10.4. The number of benzene rings is 1. The van der Waals surface area contributed by atoms with Gasteiger partial charge in [0, 0.05) is 0 Å². The summed E-state index contributed by atoms with van der Waals surface area (Å²) in [5, 5.41) is 8.52. The van der Waals surface area contributed by atoms with Gasteiger partial charge in [-0.25, -0.2) is 0 Å². The zero-order chi connectivity index (χ0) is 8.97. The van der Waals surface area contributed by atoms with Crippen molar-refractivity contribution >= 4 is 5.97 Å². The van der Waals surface area contributed by atoms with Crippen molar-refractivity contribution < 1.29 is 68.3 Å². The second kappa shape index (κ2) is 18.8. The standard InChI is InChI=1S/C9H11NO2.Na.5H2O.H/c10-8(9(11)12)6-7-4-2-1-3-5-7;;;;;;;/h1-5,8H,6,10H2,(H,11,12);;5*1H2;/q;+1;;;;;;-1. The van der Waals surface area contributed by atoms with E-state index < -0.39 is 12.0 Å². The molecule has 0 bridgehead atoms. The predicted octanol–water partition coefficient (Wildman–Crippen LogP) is -6.37. The van der Waals surface area contributed by atoms with Crippen molar-refractivity contribution in [1.82, 2.24) is 0 Å². The van der Waals surface area contributed by atoms with Gasteiger partial charge >= 0.3 is 35.5 Å². The van der Waals surface area contributed by atoms with Crippen molar-refractivity contribution in [2.75, 3.05) is 0 Å². The smallest absolute Gasteiger partial charge is 1.00 e. The second-order valence-corrected chi connectivity index (χ2v) is 2.63. The Morgan fingerprint density at radius 1 is 1.11 bits per heavy atom. The van der Waals surface area contributed by atoms with Crippen LogP contribution >= 0.6 is 0 Å². The van der Waals surface area contributed by atoms with Crippen molar-refractivity contribution in [3.05, 3.63) is 35.9 Å². The van der Waals surface area contributed by atoms with E-state index in [1.807, 2.05) is 30.3 Å². The van der Waals surface area contributed by atoms with Crippen LogP contribution in [0.1, 0.15) is 6.99 Å². The molecule has 0 radical (unpaired) electrons. The van der Waals surface area contributed by atoms with Crippen LogP contribution in [0.3, 0.4) is 0 Å². The van der Waals surface area contributed by atoms with Gasteiger partial charge < -0.3 is 39.6 Å². The van der Waals surface area contributed by atoms with Crippen LogP contribution in [0.25, 0.3) is 0 Å². The molecule has 0 aromatic heterocycles. The molecule has 0 fully saturated rings. The molecular weight excluding hydrogens is 257 g/mol. The summed E-state index contributed by atoms with van der Waals surface area (Å²) in [7, 11) is 0. The summed E-state index contributed by atoms with van der Waals surface area (Å²) >= 11 is 0. The maximum Gasteiger partial charge on any atom is 1.00 e. The van der Waals surface area contributed by atoms with Crippen LogP contribution in [0.5, 0.6) is 0 Å². The first kappa shape index (κ1) is 36.0.